The minimum Gasteiger partial charge on any atom is -0.295 e. The Morgan fingerprint density at radius 1 is 1.15 bits per heavy atom. The van der Waals surface area contributed by atoms with Crippen LogP contribution in [0.4, 0.5) is 0 Å². The average Bonchev–Trinajstić information content (AvgIpc) is 2.25. The molecule has 1 heteroatoms. The zero-order chi connectivity index (χ0) is 10.7. The van der Waals surface area contributed by atoms with Crippen molar-refractivity contribution >= 4 is 5.78 Å². The third-order valence-electron chi connectivity index (χ3n) is 1.40. The number of allylic oxidation sites excluding steroid dienone is 4. The van der Waals surface area contributed by atoms with Crippen molar-refractivity contribution in [2.45, 2.75) is 47.5 Å². The molecule has 0 heterocycles. The van der Waals surface area contributed by atoms with E-state index in [1.807, 2.05) is 45.9 Å². The van der Waals surface area contributed by atoms with Crippen LogP contribution in [0.25, 0.3) is 0 Å². The van der Waals surface area contributed by atoms with Gasteiger partial charge in [-0.15, -0.1) is 0 Å². The number of carbonyl (C=O) groups is 1. The van der Waals surface area contributed by atoms with Crippen LogP contribution in [0.2, 0.25) is 0 Å². The average molecular weight is 182 g/mol. The highest BCUT2D eigenvalue weighted by Gasteiger charge is 2.00. The lowest BCUT2D eigenvalue weighted by Gasteiger charge is -2.00. The van der Waals surface area contributed by atoms with E-state index in [4.69, 9.17) is 0 Å². The summed E-state index contributed by atoms with van der Waals surface area (Å²) in [6.07, 6.45) is 8.02. The molecule has 0 aliphatic heterocycles. The Labute approximate surface area is 82.5 Å². The first-order valence-corrected chi connectivity index (χ1v) is 5.18. The molecule has 0 saturated carbocycles. The van der Waals surface area contributed by atoms with Crippen LogP contribution in [-0.4, -0.2) is 5.78 Å². The van der Waals surface area contributed by atoms with Crippen molar-refractivity contribution in [1.29, 1.82) is 0 Å². The highest BCUT2D eigenvalue weighted by atomic mass is 16.1. The molecule has 76 valence electrons. The summed E-state index contributed by atoms with van der Waals surface area (Å²) in [6.45, 7) is 9.60. The maximum atomic E-state index is 10.7. The van der Waals surface area contributed by atoms with Gasteiger partial charge >= 0.3 is 0 Å². The molecular weight excluding hydrogens is 160 g/mol. The Kier molecular flexibility index (Phi) is 12.6. The first-order chi connectivity index (χ1) is 6.30. The second-order valence-electron chi connectivity index (χ2n) is 2.20. The number of rotatable bonds is 1. The number of carbonyl (C=O) groups excluding carboxylic acids is 1. The SMILES string of the molecule is CC.CC.CC(=O)C1=CCCC=C1. The molecule has 0 amide bonds. The highest BCUT2D eigenvalue weighted by molar-refractivity contribution is 5.96. The van der Waals surface area contributed by atoms with Crippen molar-refractivity contribution in [3.63, 3.8) is 0 Å². The molecule has 0 aromatic heterocycles. The van der Waals surface area contributed by atoms with E-state index in [0.29, 0.717) is 0 Å². The van der Waals surface area contributed by atoms with Crippen LogP contribution in [0, 0.1) is 0 Å². The third-order valence-corrected chi connectivity index (χ3v) is 1.40. The molecule has 1 rings (SSSR count). The van der Waals surface area contributed by atoms with E-state index in [0.717, 1.165) is 18.4 Å². The van der Waals surface area contributed by atoms with Gasteiger partial charge < -0.3 is 0 Å². The second kappa shape index (κ2) is 11.2. The smallest absolute Gasteiger partial charge is 0.159 e. The predicted molar refractivity (Wildman–Crippen MR) is 59.8 cm³/mol. The van der Waals surface area contributed by atoms with Crippen LogP contribution in [0.5, 0.6) is 0 Å². The molecule has 0 radical (unpaired) electrons. The lowest BCUT2D eigenvalue weighted by atomic mass is 10.0. The van der Waals surface area contributed by atoms with Gasteiger partial charge in [-0.1, -0.05) is 45.9 Å². The molecule has 0 atom stereocenters. The van der Waals surface area contributed by atoms with E-state index in [1.54, 1.807) is 6.92 Å². The van der Waals surface area contributed by atoms with Crippen LogP contribution in [0.1, 0.15) is 47.5 Å². The van der Waals surface area contributed by atoms with Crippen LogP contribution < -0.4 is 0 Å². The molecule has 0 unspecified atom stereocenters. The molecule has 0 fully saturated rings. The van der Waals surface area contributed by atoms with Gasteiger partial charge in [0.15, 0.2) is 5.78 Å². The number of Topliss-reactive ketones (excluding diaryl/α,β-unsaturated/α-hetero) is 1. The minimum absolute atomic E-state index is 0.172. The molecule has 0 aromatic carbocycles. The van der Waals surface area contributed by atoms with Gasteiger partial charge in [0.1, 0.15) is 0 Å². The molecule has 13 heavy (non-hydrogen) atoms. The van der Waals surface area contributed by atoms with Crippen molar-refractivity contribution in [2.24, 2.45) is 0 Å². The van der Waals surface area contributed by atoms with Gasteiger partial charge in [-0.2, -0.15) is 0 Å². The van der Waals surface area contributed by atoms with Gasteiger partial charge in [0, 0.05) is 5.57 Å². The van der Waals surface area contributed by atoms with Crippen LogP contribution in [0.15, 0.2) is 23.8 Å². The molecule has 0 aromatic rings. The van der Waals surface area contributed by atoms with E-state index in [1.165, 1.54) is 0 Å². The van der Waals surface area contributed by atoms with Crippen LogP contribution in [-0.2, 0) is 4.79 Å². The van der Waals surface area contributed by atoms with Gasteiger partial charge in [-0.3, -0.25) is 4.79 Å². The van der Waals surface area contributed by atoms with E-state index in [9.17, 15) is 4.79 Å². The van der Waals surface area contributed by atoms with Gasteiger partial charge in [-0.05, 0) is 19.8 Å². The summed E-state index contributed by atoms with van der Waals surface area (Å²) in [5.41, 5.74) is 0.862. The summed E-state index contributed by atoms with van der Waals surface area (Å²) in [7, 11) is 0. The summed E-state index contributed by atoms with van der Waals surface area (Å²) < 4.78 is 0. The Balaban J connectivity index is 0. The van der Waals surface area contributed by atoms with Crippen molar-refractivity contribution in [2.75, 3.05) is 0 Å². The molecule has 0 bridgehead atoms. The maximum Gasteiger partial charge on any atom is 0.159 e. The molecule has 0 spiro atoms. The first kappa shape index (κ1) is 14.7. The topological polar surface area (TPSA) is 17.1 Å². The van der Waals surface area contributed by atoms with Crippen molar-refractivity contribution < 1.29 is 4.79 Å². The lowest BCUT2D eigenvalue weighted by molar-refractivity contribution is -0.113. The first-order valence-electron chi connectivity index (χ1n) is 5.18. The molecule has 0 saturated heterocycles. The fourth-order valence-corrected chi connectivity index (χ4v) is 0.874. The molecule has 1 aliphatic carbocycles. The molecular formula is C12H22O. The summed E-state index contributed by atoms with van der Waals surface area (Å²) >= 11 is 0. The van der Waals surface area contributed by atoms with Crippen molar-refractivity contribution in [3.8, 4) is 0 Å². The normalized spacial score (nSPS) is 12.8. The summed E-state index contributed by atoms with van der Waals surface area (Å²) in [4.78, 5) is 10.7. The molecule has 1 nitrogen and oxygen atoms in total. The predicted octanol–water partition coefficient (Wildman–Crippen LogP) is 3.90. The van der Waals surface area contributed by atoms with Gasteiger partial charge in [-0.25, -0.2) is 0 Å². The zero-order valence-electron chi connectivity index (χ0n) is 9.55. The van der Waals surface area contributed by atoms with Crippen LogP contribution in [0.3, 0.4) is 0 Å². The number of hydrogen-bond acceptors (Lipinski definition) is 1. The fraction of sp³-hybridized carbons (Fsp3) is 0.583. The van der Waals surface area contributed by atoms with E-state index in [-0.39, 0.29) is 5.78 Å². The Morgan fingerprint density at radius 2 is 1.69 bits per heavy atom. The highest BCUT2D eigenvalue weighted by Crippen LogP contribution is 2.09. The van der Waals surface area contributed by atoms with Crippen molar-refractivity contribution in [1.82, 2.24) is 0 Å². The Morgan fingerprint density at radius 3 is 1.92 bits per heavy atom. The van der Waals surface area contributed by atoms with Gasteiger partial charge in [0.25, 0.3) is 0 Å². The Hall–Kier alpha value is -0.850. The van der Waals surface area contributed by atoms with Crippen molar-refractivity contribution in [3.05, 3.63) is 23.8 Å². The third kappa shape index (κ3) is 7.51. The quantitative estimate of drug-likeness (QED) is 0.601. The van der Waals surface area contributed by atoms with Gasteiger partial charge in [0.2, 0.25) is 0 Å². The maximum absolute atomic E-state index is 10.7. The number of ketones is 1. The fourth-order valence-electron chi connectivity index (χ4n) is 0.874. The van der Waals surface area contributed by atoms with E-state index >= 15 is 0 Å². The largest absolute Gasteiger partial charge is 0.295 e. The summed E-state index contributed by atoms with van der Waals surface area (Å²) in [5.74, 6) is 0.172. The minimum atomic E-state index is 0.172. The van der Waals surface area contributed by atoms with E-state index in [2.05, 4.69) is 0 Å². The second-order valence-corrected chi connectivity index (χ2v) is 2.20. The molecule has 1 aliphatic rings. The summed E-state index contributed by atoms with van der Waals surface area (Å²) in [5, 5.41) is 0. The van der Waals surface area contributed by atoms with Gasteiger partial charge in [0.05, 0.1) is 0 Å². The van der Waals surface area contributed by atoms with Crippen LogP contribution >= 0.6 is 0 Å². The Bertz CT molecular complexity index is 176. The summed E-state index contributed by atoms with van der Waals surface area (Å²) in [6, 6.07) is 0. The lowest BCUT2D eigenvalue weighted by Crippen LogP contribution is -1.95. The van der Waals surface area contributed by atoms with E-state index < -0.39 is 0 Å². The zero-order valence-corrected chi connectivity index (χ0v) is 9.55. The molecule has 0 N–H and O–H groups in total. The number of hydrogen-bond donors (Lipinski definition) is 0. The monoisotopic (exact) mass is 182 g/mol. The standard InChI is InChI=1S/C8H10O.2C2H6/c1-7(9)8-5-3-2-4-6-8;2*1-2/h3,5-6H,2,4H2,1H3;2*1-2H3.